The van der Waals surface area contributed by atoms with Crippen LogP contribution < -0.4 is 5.32 Å². The van der Waals surface area contributed by atoms with E-state index in [1.807, 2.05) is 72.8 Å². The SMILES string of the molecule is O=C(NC(Cc1ccccc1)C(=O)N1CCN(C(=O)c2cccc3ccccc23)CC1)c1ccco1. The van der Waals surface area contributed by atoms with Gasteiger partial charge in [-0.3, -0.25) is 14.4 Å². The first-order valence-electron chi connectivity index (χ1n) is 12.0. The van der Waals surface area contributed by atoms with E-state index in [-0.39, 0.29) is 17.6 Å². The number of nitrogens with one attached hydrogen (secondary N) is 1. The predicted molar refractivity (Wildman–Crippen MR) is 137 cm³/mol. The van der Waals surface area contributed by atoms with Gasteiger partial charge < -0.3 is 19.5 Å². The number of hydrogen-bond donors (Lipinski definition) is 1. The van der Waals surface area contributed by atoms with Crippen molar-refractivity contribution < 1.29 is 18.8 Å². The van der Waals surface area contributed by atoms with E-state index in [9.17, 15) is 14.4 Å². The highest BCUT2D eigenvalue weighted by Crippen LogP contribution is 2.21. The second kappa shape index (κ2) is 10.5. The number of fused-ring (bicyclic) bond motifs is 1. The van der Waals surface area contributed by atoms with E-state index in [0.29, 0.717) is 38.2 Å². The van der Waals surface area contributed by atoms with Gasteiger partial charge in [-0.2, -0.15) is 0 Å². The summed E-state index contributed by atoms with van der Waals surface area (Å²) in [6, 6.07) is 25.6. The van der Waals surface area contributed by atoms with Gasteiger partial charge in [-0.05, 0) is 34.5 Å². The zero-order chi connectivity index (χ0) is 24.9. The molecule has 1 saturated heterocycles. The summed E-state index contributed by atoms with van der Waals surface area (Å²) in [6.07, 6.45) is 1.79. The molecule has 4 aromatic rings. The summed E-state index contributed by atoms with van der Waals surface area (Å²) in [4.78, 5) is 43.0. The van der Waals surface area contributed by atoms with Gasteiger partial charge in [0.25, 0.3) is 11.8 Å². The number of carbonyl (C=O) groups excluding carboxylic acids is 3. The van der Waals surface area contributed by atoms with E-state index in [2.05, 4.69) is 5.32 Å². The lowest BCUT2D eigenvalue weighted by atomic mass is 10.0. The summed E-state index contributed by atoms with van der Waals surface area (Å²) in [6.45, 7) is 1.66. The molecule has 1 aliphatic rings. The molecule has 3 aromatic carbocycles. The summed E-state index contributed by atoms with van der Waals surface area (Å²) in [5, 5.41) is 4.79. The summed E-state index contributed by atoms with van der Waals surface area (Å²) in [5.74, 6) is -0.479. The largest absolute Gasteiger partial charge is 0.459 e. The van der Waals surface area contributed by atoms with Crippen LogP contribution in [-0.4, -0.2) is 59.7 Å². The molecule has 1 aromatic heterocycles. The lowest BCUT2D eigenvalue weighted by molar-refractivity contribution is -0.134. The standard InChI is InChI=1S/C29H27N3O4/c33-27(26-14-7-19-36-26)30-25(20-21-8-2-1-3-9-21)29(35)32-17-15-31(16-18-32)28(34)24-13-6-11-22-10-4-5-12-23(22)24/h1-14,19,25H,15-18,20H2,(H,30,33). The van der Waals surface area contributed by atoms with Gasteiger partial charge in [0.2, 0.25) is 5.91 Å². The normalized spacial score (nSPS) is 14.4. The molecule has 1 aliphatic heterocycles. The molecule has 0 aliphatic carbocycles. The smallest absolute Gasteiger partial charge is 0.287 e. The van der Waals surface area contributed by atoms with Crippen LogP contribution in [0.15, 0.2) is 95.6 Å². The van der Waals surface area contributed by atoms with Gasteiger partial charge in [-0.25, -0.2) is 0 Å². The van der Waals surface area contributed by atoms with Crippen LogP contribution in [0.1, 0.15) is 26.5 Å². The van der Waals surface area contributed by atoms with E-state index in [1.165, 1.54) is 6.26 Å². The maximum atomic E-state index is 13.5. The van der Waals surface area contributed by atoms with Crippen LogP contribution in [0.3, 0.4) is 0 Å². The first-order chi connectivity index (χ1) is 17.6. The molecule has 2 heterocycles. The Balaban J connectivity index is 1.28. The van der Waals surface area contributed by atoms with Crippen molar-refractivity contribution in [2.45, 2.75) is 12.5 Å². The third kappa shape index (κ3) is 5.00. The molecule has 5 rings (SSSR count). The average Bonchev–Trinajstić information content (AvgIpc) is 3.48. The number of rotatable bonds is 6. The van der Waals surface area contributed by atoms with Crippen molar-refractivity contribution in [2.75, 3.05) is 26.2 Å². The minimum Gasteiger partial charge on any atom is -0.459 e. The monoisotopic (exact) mass is 481 g/mol. The molecule has 7 nitrogen and oxygen atoms in total. The number of piperazine rings is 1. The minimum atomic E-state index is -0.745. The first-order valence-corrected chi connectivity index (χ1v) is 12.0. The van der Waals surface area contributed by atoms with Crippen molar-refractivity contribution in [1.82, 2.24) is 15.1 Å². The Kier molecular flexibility index (Phi) is 6.80. The fourth-order valence-corrected chi connectivity index (χ4v) is 4.62. The maximum absolute atomic E-state index is 13.5. The second-order valence-electron chi connectivity index (χ2n) is 8.84. The van der Waals surface area contributed by atoms with Crippen molar-refractivity contribution in [3.8, 4) is 0 Å². The van der Waals surface area contributed by atoms with E-state index in [1.54, 1.807) is 21.9 Å². The van der Waals surface area contributed by atoms with Gasteiger partial charge in [0.05, 0.1) is 6.26 Å². The molecule has 3 amide bonds. The maximum Gasteiger partial charge on any atom is 0.287 e. The number of benzene rings is 3. The molecule has 0 spiro atoms. The highest BCUT2D eigenvalue weighted by molar-refractivity contribution is 6.07. The molecular formula is C29H27N3O4. The Morgan fingerprint density at radius 1 is 0.778 bits per heavy atom. The zero-order valence-corrected chi connectivity index (χ0v) is 19.8. The van der Waals surface area contributed by atoms with Crippen LogP contribution in [0.5, 0.6) is 0 Å². The lowest BCUT2D eigenvalue weighted by Gasteiger charge is -2.36. The summed E-state index contributed by atoms with van der Waals surface area (Å²) in [7, 11) is 0. The lowest BCUT2D eigenvalue weighted by Crippen LogP contribution is -2.56. The average molecular weight is 482 g/mol. The molecule has 1 fully saturated rings. The Bertz CT molecular complexity index is 1350. The van der Waals surface area contributed by atoms with E-state index < -0.39 is 11.9 Å². The fraction of sp³-hybridized carbons (Fsp3) is 0.207. The Morgan fingerprint density at radius 3 is 2.22 bits per heavy atom. The van der Waals surface area contributed by atoms with Crippen LogP contribution in [-0.2, 0) is 11.2 Å². The Hall–Kier alpha value is -4.39. The molecular weight excluding hydrogens is 454 g/mol. The van der Waals surface area contributed by atoms with Gasteiger partial charge in [0.1, 0.15) is 6.04 Å². The van der Waals surface area contributed by atoms with Gasteiger partial charge in [0.15, 0.2) is 5.76 Å². The van der Waals surface area contributed by atoms with Crippen molar-refractivity contribution in [2.24, 2.45) is 0 Å². The van der Waals surface area contributed by atoms with Crippen LogP contribution in [0.4, 0.5) is 0 Å². The molecule has 1 N–H and O–H groups in total. The summed E-state index contributed by atoms with van der Waals surface area (Å²) < 4.78 is 5.20. The number of carbonyl (C=O) groups is 3. The number of amides is 3. The van der Waals surface area contributed by atoms with Crippen LogP contribution >= 0.6 is 0 Å². The van der Waals surface area contributed by atoms with Crippen molar-refractivity contribution in [3.05, 3.63) is 108 Å². The van der Waals surface area contributed by atoms with Crippen LogP contribution in [0.25, 0.3) is 10.8 Å². The van der Waals surface area contributed by atoms with Crippen molar-refractivity contribution in [3.63, 3.8) is 0 Å². The minimum absolute atomic E-state index is 0.0362. The molecule has 0 saturated carbocycles. The zero-order valence-electron chi connectivity index (χ0n) is 19.8. The molecule has 36 heavy (non-hydrogen) atoms. The summed E-state index contributed by atoms with van der Waals surface area (Å²) >= 11 is 0. The molecule has 0 radical (unpaired) electrons. The molecule has 1 atom stereocenters. The van der Waals surface area contributed by atoms with Crippen LogP contribution in [0.2, 0.25) is 0 Å². The number of hydrogen-bond acceptors (Lipinski definition) is 4. The molecule has 0 bridgehead atoms. The third-order valence-electron chi connectivity index (χ3n) is 6.53. The summed E-state index contributed by atoms with van der Waals surface area (Å²) in [5.41, 5.74) is 1.61. The van der Waals surface area contributed by atoms with Gasteiger partial charge in [-0.15, -0.1) is 0 Å². The topological polar surface area (TPSA) is 82.9 Å². The van der Waals surface area contributed by atoms with E-state index >= 15 is 0 Å². The molecule has 7 heteroatoms. The molecule has 182 valence electrons. The van der Waals surface area contributed by atoms with Crippen molar-refractivity contribution >= 4 is 28.5 Å². The van der Waals surface area contributed by atoms with Crippen LogP contribution in [0, 0.1) is 0 Å². The fourth-order valence-electron chi connectivity index (χ4n) is 4.62. The number of furan rings is 1. The third-order valence-corrected chi connectivity index (χ3v) is 6.53. The van der Waals surface area contributed by atoms with Gasteiger partial charge in [-0.1, -0.05) is 66.7 Å². The van der Waals surface area contributed by atoms with Crippen molar-refractivity contribution in [1.29, 1.82) is 0 Å². The Morgan fingerprint density at radius 2 is 1.47 bits per heavy atom. The highest BCUT2D eigenvalue weighted by atomic mass is 16.3. The second-order valence-corrected chi connectivity index (χ2v) is 8.84. The van der Waals surface area contributed by atoms with E-state index in [4.69, 9.17) is 4.42 Å². The number of nitrogens with zero attached hydrogens (tertiary/aromatic N) is 2. The van der Waals surface area contributed by atoms with Gasteiger partial charge >= 0.3 is 0 Å². The highest BCUT2D eigenvalue weighted by Gasteiger charge is 2.31. The molecule has 1 unspecified atom stereocenters. The van der Waals surface area contributed by atoms with Gasteiger partial charge in [0, 0.05) is 38.2 Å². The first kappa shape index (κ1) is 23.4. The van der Waals surface area contributed by atoms with E-state index in [0.717, 1.165) is 16.3 Å². The predicted octanol–water partition coefficient (Wildman–Crippen LogP) is 3.76. The Labute approximate surface area is 209 Å². The quantitative estimate of drug-likeness (QED) is 0.455.